The average molecular weight is 379 g/mol. The number of carbonyl (C=O) groups excluding carboxylic acids is 1. The molecular formula is C21H21N3O4. The Morgan fingerprint density at radius 1 is 1.36 bits per heavy atom. The SMILES string of the molecule is CC1CCc2[nH]c3c(C(=O)NCc4cc([N+](=O)[O-])ccc4O)cccc3c2C1. The average Bonchev–Trinajstić information content (AvgIpc) is 3.04. The lowest BCUT2D eigenvalue weighted by Gasteiger charge is -2.17. The summed E-state index contributed by atoms with van der Waals surface area (Å²) in [4.78, 5) is 26.6. The lowest BCUT2D eigenvalue weighted by atomic mass is 9.87. The number of aromatic amines is 1. The summed E-state index contributed by atoms with van der Waals surface area (Å²) >= 11 is 0. The van der Waals surface area contributed by atoms with Crippen LogP contribution in [0.3, 0.4) is 0 Å². The molecule has 0 saturated heterocycles. The molecule has 2 aromatic carbocycles. The summed E-state index contributed by atoms with van der Waals surface area (Å²) in [5.74, 6) is 0.248. The maximum absolute atomic E-state index is 12.8. The Morgan fingerprint density at radius 2 is 2.18 bits per heavy atom. The van der Waals surface area contributed by atoms with Crippen molar-refractivity contribution in [3.8, 4) is 5.75 Å². The highest BCUT2D eigenvalue weighted by Gasteiger charge is 2.22. The van der Waals surface area contributed by atoms with Crippen molar-refractivity contribution in [2.45, 2.75) is 32.7 Å². The molecule has 3 N–H and O–H groups in total. The number of fused-ring (bicyclic) bond motifs is 3. The van der Waals surface area contributed by atoms with Crippen LogP contribution in [0.1, 0.15) is 40.5 Å². The van der Waals surface area contributed by atoms with Gasteiger partial charge in [0.1, 0.15) is 5.75 Å². The Bertz CT molecular complexity index is 1090. The number of benzene rings is 2. The summed E-state index contributed by atoms with van der Waals surface area (Å²) < 4.78 is 0. The van der Waals surface area contributed by atoms with E-state index in [9.17, 15) is 20.0 Å². The minimum Gasteiger partial charge on any atom is -0.508 e. The van der Waals surface area contributed by atoms with Crippen LogP contribution in [0.25, 0.3) is 10.9 Å². The molecule has 1 aromatic heterocycles. The van der Waals surface area contributed by atoms with Crippen molar-refractivity contribution in [3.05, 3.63) is 68.9 Å². The number of aryl methyl sites for hydroxylation is 1. The van der Waals surface area contributed by atoms with E-state index in [0.717, 1.165) is 30.2 Å². The van der Waals surface area contributed by atoms with Gasteiger partial charge in [0.25, 0.3) is 11.6 Å². The molecule has 3 aromatic rings. The van der Waals surface area contributed by atoms with Crippen LogP contribution in [-0.2, 0) is 19.4 Å². The number of nitrogens with one attached hydrogen (secondary N) is 2. The number of H-pyrrole nitrogens is 1. The van der Waals surface area contributed by atoms with Crippen molar-refractivity contribution in [2.24, 2.45) is 5.92 Å². The van der Waals surface area contributed by atoms with Crippen LogP contribution in [0.2, 0.25) is 0 Å². The van der Waals surface area contributed by atoms with Gasteiger partial charge in [-0.1, -0.05) is 19.1 Å². The van der Waals surface area contributed by atoms with Gasteiger partial charge in [0.15, 0.2) is 0 Å². The highest BCUT2D eigenvalue weighted by atomic mass is 16.6. The number of nitro benzene ring substituents is 1. The fourth-order valence-corrected chi connectivity index (χ4v) is 3.90. The number of hydrogen-bond donors (Lipinski definition) is 3. The second kappa shape index (κ2) is 6.99. The van der Waals surface area contributed by atoms with Crippen LogP contribution >= 0.6 is 0 Å². The number of phenolic OH excluding ortho intramolecular Hbond substituents is 1. The summed E-state index contributed by atoms with van der Waals surface area (Å²) in [7, 11) is 0. The molecular weight excluding hydrogens is 358 g/mol. The number of hydrogen-bond acceptors (Lipinski definition) is 4. The number of non-ortho nitro benzene ring substituents is 1. The Hall–Kier alpha value is -3.35. The summed E-state index contributed by atoms with van der Waals surface area (Å²) in [6.07, 6.45) is 3.11. The van der Waals surface area contributed by atoms with Crippen LogP contribution in [-0.4, -0.2) is 20.9 Å². The van der Waals surface area contributed by atoms with Crippen molar-refractivity contribution < 1.29 is 14.8 Å². The molecule has 0 spiro atoms. The molecule has 0 saturated carbocycles. The van der Waals surface area contributed by atoms with Gasteiger partial charge in [-0.3, -0.25) is 14.9 Å². The molecule has 1 amide bonds. The van der Waals surface area contributed by atoms with Gasteiger partial charge in [-0.05, 0) is 42.9 Å². The molecule has 28 heavy (non-hydrogen) atoms. The summed E-state index contributed by atoms with van der Waals surface area (Å²) in [6.45, 7) is 2.24. The number of rotatable bonds is 4. The first-order valence-corrected chi connectivity index (χ1v) is 9.31. The number of phenols is 1. The highest BCUT2D eigenvalue weighted by molar-refractivity contribution is 6.06. The minimum atomic E-state index is -0.532. The first-order valence-electron chi connectivity index (χ1n) is 9.31. The van der Waals surface area contributed by atoms with E-state index in [2.05, 4.69) is 17.2 Å². The molecule has 7 heteroatoms. The Morgan fingerprint density at radius 3 is 2.96 bits per heavy atom. The third-order valence-corrected chi connectivity index (χ3v) is 5.43. The molecule has 0 bridgehead atoms. The van der Waals surface area contributed by atoms with E-state index >= 15 is 0 Å². The van der Waals surface area contributed by atoms with Crippen molar-refractivity contribution in [2.75, 3.05) is 0 Å². The number of nitro groups is 1. The fraction of sp³-hybridized carbons (Fsp3) is 0.286. The topological polar surface area (TPSA) is 108 Å². The molecule has 1 aliphatic carbocycles. The normalized spacial score (nSPS) is 16.0. The quantitative estimate of drug-likeness (QED) is 0.473. The fourth-order valence-electron chi connectivity index (χ4n) is 3.90. The Balaban J connectivity index is 1.60. The highest BCUT2D eigenvalue weighted by Crippen LogP contribution is 2.33. The van der Waals surface area contributed by atoms with Gasteiger partial charge in [-0.15, -0.1) is 0 Å². The van der Waals surface area contributed by atoms with Gasteiger partial charge >= 0.3 is 0 Å². The second-order valence-corrected chi connectivity index (χ2v) is 7.41. The van der Waals surface area contributed by atoms with Crippen molar-refractivity contribution >= 4 is 22.5 Å². The van der Waals surface area contributed by atoms with E-state index in [1.165, 1.54) is 29.5 Å². The van der Waals surface area contributed by atoms with Crippen molar-refractivity contribution in [3.63, 3.8) is 0 Å². The molecule has 7 nitrogen and oxygen atoms in total. The van der Waals surface area contributed by atoms with E-state index < -0.39 is 4.92 Å². The third kappa shape index (κ3) is 3.19. The molecule has 1 aliphatic rings. The van der Waals surface area contributed by atoms with Gasteiger partial charge < -0.3 is 15.4 Å². The molecule has 1 unspecified atom stereocenters. The minimum absolute atomic E-state index is 0.000190. The van der Waals surface area contributed by atoms with Crippen molar-refractivity contribution in [1.29, 1.82) is 0 Å². The summed E-state index contributed by atoms with van der Waals surface area (Å²) in [5, 5.41) is 24.7. The zero-order valence-electron chi connectivity index (χ0n) is 15.5. The zero-order chi connectivity index (χ0) is 19.8. The summed E-state index contributed by atoms with van der Waals surface area (Å²) in [5.41, 5.74) is 4.01. The molecule has 4 rings (SSSR count). The van der Waals surface area contributed by atoms with Crippen LogP contribution in [0.15, 0.2) is 36.4 Å². The first-order chi connectivity index (χ1) is 13.4. The molecule has 0 radical (unpaired) electrons. The van der Waals surface area contributed by atoms with Gasteiger partial charge in [0.2, 0.25) is 0 Å². The second-order valence-electron chi connectivity index (χ2n) is 7.41. The van der Waals surface area contributed by atoms with Crippen LogP contribution in [0.5, 0.6) is 5.75 Å². The molecule has 144 valence electrons. The van der Waals surface area contributed by atoms with Crippen LogP contribution in [0, 0.1) is 16.0 Å². The van der Waals surface area contributed by atoms with Crippen LogP contribution in [0.4, 0.5) is 5.69 Å². The lowest BCUT2D eigenvalue weighted by molar-refractivity contribution is -0.384. The molecule has 1 atom stereocenters. The maximum Gasteiger partial charge on any atom is 0.270 e. The van der Waals surface area contributed by atoms with Gasteiger partial charge in [0.05, 0.1) is 16.0 Å². The van der Waals surface area contributed by atoms with E-state index in [-0.39, 0.29) is 23.9 Å². The number of para-hydroxylation sites is 1. The van der Waals surface area contributed by atoms with Crippen molar-refractivity contribution in [1.82, 2.24) is 10.3 Å². The smallest absolute Gasteiger partial charge is 0.270 e. The number of aromatic nitrogens is 1. The van der Waals surface area contributed by atoms with Crippen LogP contribution < -0.4 is 5.32 Å². The molecule has 1 heterocycles. The lowest BCUT2D eigenvalue weighted by Crippen LogP contribution is -2.23. The van der Waals surface area contributed by atoms with Gasteiger partial charge in [-0.25, -0.2) is 0 Å². The third-order valence-electron chi connectivity index (χ3n) is 5.43. The first kappa shape index (κ1) is 18.0. The monoisotopic (exact) mass is 379 g/mol. The standard InChI is InChI=1S/C21H21N3O4/c1-12-5-7-18-17(9-12)15-3-2-4-16(20(15)23-18)21(26)22-11-13-10-14(24(27)28)6-8-19(13)25/h2-4,6,8,10,12,23,25H,5,7,9,11H2,1H3,(H,22,26). The predicted octanol–water partition coefficient (Wildman–Crippen LogP) is 3.84. The summed E-state index contributed by atoms with van der Waals surface area (Å²) in [6, 6.07) is 9.43. The van der Waals surface area contributed by atoms with Gasteiger partial charge in [-0.2, -0.15) is 0 Å². The molecule has 0 fully saturated rings. The van der Waals surface area contributed by atoms with Gasteiger partial charge in [0, 0.05) is 35.3 Å². The number of nitrogens with zero attached hydrogens (tertiary/aromatic N) is 1. The maximum atomic E-state index is 12.8. The van der Waals surface area contributed by atoms with E-state index in [1.807, 2.05) is 12.1 Å². The van der Waals surface area contributed by atoms with E-state index in [0.29, 0.717) is 17.0 Å². The van der Waals surface area contributed by atoms with E-state index in [4.69, 9.17) is 0 Å². The predicted molar refractivity (Wildman–Crippen MR) is 105 cm³/mol. The Kier molecular flexibility index (Phi) is 4.50. The largest absolute Gasteiger partial charge is 0.508 e. The zero-order valence-corrected chi connectivity index (χ0v) is 15.5. The number of carbonyl (C=O) groups is 1. The molecule has 0 aliphatic heterocycles. The number of amides is 1. The number of aromatic hydroxyl groups is 1. The van der Waals surface area contributed by atoms with E-state index in [1.54, 1.807) is 6.07 Å². The Labute approximate surface area is 161 Å².